The summed E-state index contributed by atoms with van der Waals surface area (Å²) in [5, 5.41) is 2.96. The molecule has 2 aliphatic heterocycles. The van der Waals surface area contributed by atoms with E-state index in [1.54, 1.807) is 24.3 Å². The highest BCUT2D eigenvalue weighted by Gasteiger charge is 2.35. The summed E-state index contributed by atoms with van der Waals surface area (Å²) in [5.41, 5.74) is 6.29. The Balaban J connectivity index is 0.946. The van der Waals surface area contributed by atoms with Crippen molar-refractivity contribution >= 4 is 23.6 Å². The van der Waals surface area contributed by atoms with Crippen molar-refractivity contribution in [3.63, 3.8) is 0 Å². The third-order valence-corrected chi connectivity index (χ3v) is 9.09. The highest BCUT2D eigenvalue weighted by atomic mass is 16.6. The van der Waals surface area contributed by atoms with Gasteiger partial charge < -0.3 is 9.22 Å². The summed E-state index contributed by atoms with van der Waals surface area (Å²) in [4.78, 5) is 42.1. The molecule has 0 bridgehead atoms. The SMILES string of the molecule is C[N+](C)(CCCN1C(=O)c2ccccc2C1=O)Cc1cccc(CN2CCC(OC(=O)Nc3ccccc3-c3ccccc3)CC2)c1. The average molecular weight is 632 g/mol. The number of quaternary nitrogens is 1. The molecule has 0 aliphatic carbocycles. The topological polar surface area (TPSA) is 79.0 Å². The van der Waals surface area contributed by atoms with Gasteiger partial charge in [0.05, 0.1) is 37.5 Å². The molecule has 3 amide bonds. The molecule has 0 spiro atoms. The molecule has 47 heavy (non-hydrogen) atoms. The number of nitrogens with zero attached hydrogens (tertiary/aromatic N) is 3. The van der Waals surface area contributed by atoms with Gasteiger partial charge in [-0.3, -0.25) is 24.7 Å². The van der Waals surface area contributed by atoms with Gasteiger partial charge in [-0.1, -0.05) is 78.9 Å². The van der Waals surface area contributed by atoms with Crippen molar-refractivity contribution in [1.82, 2.24) is 9.80 Å². The lowest BCUT2D eigenvalue weighted by atomic mass is 10.0. The zero-order chi connectivity index (χ0) is 32.8. The number of anilines is 1. The third kappa shape index (κ3) is 7.96. The number of likely N-dealkylation sites (tertiary alicyclic amines) is 1. The van der Waals surface area contributed by atoms with Crippen LogP contribution in [0, 0.1) is 0 Å². The lowest BCUT2D eigenvalue weighted by Crippen LogP contribution is -2.41. The van der Waals surface area contributed by atoms with E-state index in [9.17, 15) is 14.4 Å². The maximum atomic E-state index is 12.8. The van der Waals surface area contributed by atoms with Gasteiger partial charge in [0, 0.05) is 43.7 Å². The molecular weight excluding hydrogens is 588 g/mol. The molecule has 1 fully saturated rings. The fourth-order valence-corrected chi connectivity index (χ4v) is 6.69. The van der Waals surface area contributed by atoms with Crippen LogP contribution in [0.25, 0.3) is 11.1 Å². The monoisotopic (exact) mass is 631 g/mol. The number of ether oxygens (including phenoxy) is 1. The number of hydrogen-bond donors (Lipinski definition) is 1. The van der Waals surface area contributed by atoms with Crippen LogP contribution in [0.15, 0.2) is 103 Å². The van der Waals surface area contributed by atoms with E-state index in [-0.39, 0.29) is 17.9 Å². The second kappa shape index (κ2) is 14.3. The normalized spacial score (nSPS) is 15.5. The summed E-state index contributed by atoms with van der Waals surface area (Å²) in [6, 6.07) is 33.6. The van der Waals surface area contributed by atoms with Gasteiger partial charge in [0.25, 0.3) is 11.8 Å². The van der Waals surface area contributed by atoms with E-state index in [0.29, 0.717) is 17.7 Å². The Morgan fingerprint density at radius 3 is 2.11 bits per heavy atom. The molecule has 8 heteroatoms. The highest BCUT2D eigenvalue weighted by molar-refractivity contribution is 6.21. The van der Waals surface area contributed by atoms with E-state index in [1.807, 2.05) is 54.6 Å². The number of rotatable bonds is 11. The number of benzene rings is 4. The minimum absolute atomic E-state index is 0.111. The van der Waals surface area contributed by atoms with Crippen molar-refractivity contribution in [1.29, 1.82) is 0 Å². The molecule has 6 rings (SSSR count). The van der Waals surface area contributed by atoms with Crippen molar-refractivity contribution < 1.29 is 23.6 Å². The molecule has 1 N–H and O–H groups in total. The quantitative estimate of drug-likeness (QED) is 0.145. The van der Waals surface area contributed by atoms with Crippen LogP contribution in [0.1, 0.15) is 51.1 Å². The van der Waals surface area contributed by atoms with Crippen LogP contribution >= 0.6 is 0 Å². The summed E-state index contributed by atoms with van der Waals surface area (Å²) in [6.07, 6.45) is 1.81. The van der Waals surface area contributed by atoms with Gasteiger partial charge in [0.15, 0.2) is 0 Å². The predicted molar refractivity (Wildman–Crippen MR) is 184 cm³/mol. The molecule has 0 unspecified atom stereocenters. The number of imide groups is 1. The molecule has 8 nitrogen and oxygen atoms in total. The Kier molecular flexibility index (Phi) is 9.80. The zero-order valence-electron chi connectivity index (χ0n) is 27.2. The minimum Gasteiger partial charge on any atom is -0.446 e. The summed E-state index contributed by atoms with van der Waals surface area (Å²) < 4.78 is 6.59. The van der Waals surface area contributed by atoms with Crippen molar-refractivity contribution in [3.05, 3.63) is 125 Å². The Labute approximate surface area is 277 Å². The number of carbonyl (C=O) groups is 3. The summed E-state index contributed by atoms with van der Waals surface area (Å²) in [6.45, 7) is 4.70. The largest absolute Gasteiger partial charge is 0.446 e. The molecule has 4 aromatic carbocycles. The maximum Gasteiger partial charge on any atom is 0.411 e. The van der Waals surface area contributed by atoms with Gasteiger partial charge in [-0.25, -0.2) is 4.79 Å². The van der Waals surface area contributed by atoms with Gasteiger partial charge in [-0.2, -0.15) is 0 Å². The third-order valence-electron chi connectivity index (χ3n) is 9.09. The van der Waals surface area contributed by atoms with Crippen LogP contribution in [-0.4, -0.2) is 78.6 Å². The van der Waals surface area contributed by atoms with E-state index in [0.717, 1.165) is 73.3 Å². The van der Waals surface area contributed by atoms with Crippen molar-refractivity contribution in [3.8, 4) is 11.1 Å². The zero-order valence-corrected chi connectivity index (χ0v) is 27.2. The standard InChI is InChI=1S/C39H42N4O4/c1-43(2,25-11-22-42-37(44)34-17-6-7-18-35(34)38(42)45)28-30-13-10-12-29(26-30)27-41-23-20-32(21-24-41)47-39(46)40-36-19-9-8-16-33(36)31-14-4-3-5-15-31/h3-10,12-19,26,32H,11,20-25,27-28H2,1-2H3/p+1. The second-order valence-electron chi connectivity index (χ2n) is 13.2. The minimum atomic E-state index is -0.413. The Bertz CT molecular complexity index is 1690. The van der Waals surface area contributed by atoms with Crippen molar-refractivity contribution in [2.24, 2.45) is 0 Å². The first-order chi connectivity index (χ1) is 22.8. The number of piperidine rings is 1. The number of nitrogens with one attached hydrogen (secondary N) is 1. The van der Waals surface area contributed by atoms with Crippen molar-refractivity contribution in [2.75, 3.05) is 45.6 Å². The fourth-order valence-electron chi connectivity index (χ4n) is 6.69. The van der Waals surface area contributed by atoms with E-state index in [4.69, 9.17) is 4.74 Å². The first-order valence-electron chi connectivity index (χ1n) is 16.5. The number of fused-ring (bicyclic) bond motifs is 1. The molecule has 2 heterocycles. The van der Waals surface area contributed by atoms with E-state index < -0.39 is 6.09 Å². The summed E-state index contributed by atoms with van der Waals surface area (Å²) >= 11 is 0. The number of amides is 3. The molecule has 0 atom stereocenters. The number of para-hydroxylation sites is 1. The smallest absolute Gasteiger partial charge is 0.411 e. The van der Waals surface area contributed by atoms with Gasteiger partial charge in [0.2, 0.25) is 0 Å². The summed E-state index contributed by atoms with van der Waals surface area (Å²) in [5.74, 6) is -0.376. The van der Waals surface area contributed by atoms with E-state index in [2.05, 4.69) is 48.6 Å². The van der Waals surface area contributed by atoms with Crippen LogP contribution < -0.4 is 5.32 Å². The van der Waals surface area contributed by atoms with E-state index >= 15 is 0 Å². The number of hydrogen-bond acceptors (Lipinski definition) is 5. The maximum absolute atomic E-state index is 12.8. The van der Waals surface area contributed by atoms with Crippen LogP contribution in [0.3, 0.4) is 0 Å². The second-order valence-corrected chi connectivity index (χ2v) is 13.2. The van der Waals surface area contributed by atoms with Crippen LogP contribution in [0.5, 0.6) is 0 Å². The van der Waals surface area contributed by atoms with E-state index in [1.165, 1.54) is 16.0 Å². The first kappa shape index (κ1) is 32.2. The Morgan fingerprint density at radius 1 is 0.787 bits per heavy atom. The lowest BCUT2D eigenvalue weighted by Gasteiger charge is -2.32. The highest BCUT2D eigenvalue weighted by Crippen LogP contribution is 2.28. The van der Waals surface area contributed by atoms with Crippen molar-refractivity contribution in [2.45, 2.75) is 38.5 Å². The molecule has 2 aliphatic rings. The van der Waals surface area contributed by atoms with Gasteiger partial charge in [-0.15, -0.1) is 0 Å². The predicted octanol–water partition coefficient (Wildman–Crippen LogP) is 6.83. The lowest BCUT2D eigenvalue weighted by molar-refractivity contribution is -0.903. The fraction of sp³-hybridized carbons (Fsp3) is 0.308. The molecule has 0 aromatic heterocycles. The van der Waals surface area contributed by atoms with Gasteiger partial charge in [-0.05, 0) is 48.2 Å². The van der Waals surface area contributed by atoms with Crippen LogP contribution in [0.4, 0.5) is 10.5 Å². The Hall–Kier alpha value is -4.79. The van der Waals surface area contributed by atoms with Gasteiger partial charge in [0.1, 0.15) is 12.6 Å². The Morgan fingerprint density at radius 2 is 1.40 bits per heavy atom. The molecule has 1 saturated heterocycles. The molecular formula is C39H43N4O4+. The average Bonchev–Trinajstić information content (AvgIpc) is 3.31. The summed E-state index contributed by atoms with van der Waals surface area (Å²) in [7, 11) is 4.38. The number of carbonyl (C=O) groups excluding carboxylic acids is 3. The molecule has 0 saturated carbocycles. The van der Waals surface area contributed by atoms with Crippen LogP contribution in [-0.2, 0) is 17.8 Å². The molecule has 4 aromatic rings. The van der Waals surface area contributed by atoms with Crippen LogP contribution in [0.2, 0.25) is 0 Å². The van der Waals surface area contributed by atoms with Gasteiger partial charge >= 0.3 is 6.09 Å². The molecule has 242 valence electrons. The molecule has 0 radical (unpaired) electrons. The first-order valence-corrected chi connectivity index (χ1v) is 16.5.